The number of carbonyl (C=O) groups is 1. The normalized spacial score (nSPS) is 12.2. The molecule has 0 aliphatic carbocycles. The maximum Gasteiger partial charge on any atom is 0.332 e. The van der Waals surface area contributed by atoms with E-state index in [9.17, 15) is 14.4 Å². The fourth-order valence-corrected chi connectivity index (χ4v) is 2.77. The molecule has 7 nitrogen and oxygen atoms in total. The lowest BCUT2D eigenvalue weighted by Gasteiger charge is -2.16. The molecule has 2 rings (SSSR count). The molecule has 0 bridgehead atoms. The molecule has 1 heterocycles. The summed E-state index contributed by atoms with van der Waals surface area (Å²) in [6, 6.07) is 7.87. The van der Waals surface area contributed by atoms with E-state index in [1.807, 2.05) is 24.3 Å². The predicted molar refractivity (Wildman–Crippen MR) is 103 cm³/mol. The zero-order valence-electron chi connectivity index (χ0n) is 15.9. The topological polar surface area (TPSA) is 99.1 Å². The third kappa shape index (κ3) is 3.87. The van der Waals surface area contributed by atoms with Gasteiger partial charge in [-0.1, -0.05) is 38.1 Å². The van der Waals surface area contributed by atoms with E-state index in [1.54, 1.807) is 6.92 Å². The fraction of sp³-hybridized carbons (Fsp3) is 0.421. The number of benzene rings is 1. The van der Waals surface area contributed by atoms with E-state index in [0.717, 1.165) is 21.1 Å². The average molecular weight is 358 g/mol. The van der Waals surface area contributed by atoms with Crippen LogP contribution >= 0.6 is 0 Å². The average Bonchev–Trinajstić information content (AvgIpc) is 2.61. The first-order valence-corrected chi connectivity index (χ1v) is 8.58. The Morgan fingerprint density at radius 3 is 2.19 bits per heavy atom. The van der Waals surface area contributed by atoms with Crippen LogP contribution in [0.4, 0.5) is 11.5 Å². The molecule has 140 valence electrons. The van der Waals surface area contributed by atoms with Gasteiger partial charge in [-0.05, 0) is 30.4 Å². The summed E-state index contributed by atoms with van der Waals surface area (Å²) in [5.41, 5.74) is 6.65. The van der Waals surface area contributed by atoms with Crippen molar-refractivity contribution in [1.29, 1.82) is 0 Å². The number of hydrogen-bond acceptors (Lipinski definition) is 4. The number of carbonyl (C=O) groups excluding carboxylic acids is 1. The van der Waals surface area contributed by atoms with Crippen LogP contribution in [-0.4, -0.2) is 15.0 Å². The van der Waals surface area contributed by atoms with Crippen LogP contribution in [0.1, 0.15) is 37.8 Å². The van der Waals surface area contributed by atoms with Gasteiger partial charge in [0.1, 0.15) is 11.5 Å². The van der Waals surface area contributed by atoms with Gasteiger partial charge in [0, 0.05) is 14.1 Å². The lowest BCUT2D eigenvalue weighted by atomic mass is 9.96. The zero-order valence-corrected chi connectivity index (χ0v) is 15.9. The summed E-state index contributed by atoms with van der Waals surface area (Å²) in [5.74, 6) is -0.329. The Bertz CT molecular complexity index is 924. The number of nitrogens with zero attached hydrogens (tertiary/aromatic N) is 2. The van der Waals surface area contributed by atoms with E-state index in [2.05, 4.69) is 19.2 Å². The smallest absolute Gasteiger partial charge is 0.332 e. The predicted octanol–water partition coefficient (Wildman–Crippen LogP) is 1.61. The number of hydrogen-bond donors (Lipinski definition) is 2. The first-order valence-electron chi connectivity index (χ1n) is 8.58. The van der Waals surface area contributed by atoms with Gasteiger partial charge in [0.2, 0.25) is 5.91 Å². The minimum atomic E-state index is -0.626. The molecule has 0 radical (unpaired) electrons. The number of nitrogens with one attached hydrogen (secondary N) is 1. The number of rotatable bonds is 5. The Morgan fingerprint density at radius 2 is 1.65 bits per heavy atom. The summed E-state index contributed by atoms with van der Waals surface area (Å²) < 4.78 is 2.04. The third-order valence-electron chi connectivity index (χ3n) is 4.48. The number of nitrogens with two attached hydrogens (primary N) is 1. The monoisotopic (exact) mass is 358 g/mol. The number of amides is 1. The number of aromatic nitrogens is 2. The fourth-order valence-electron chi connectivity index (χ4n) is 2.77. The quantitative estimate of drug-likeness (QED) is 0.848. The minimum Gasteiger partial charge on any atom is -0.383 e. The van der Waals surface area contributed by atoms with Crippen LogP contribution in [0.5, 0.6) is 0 Å². The maximum absolute atomic E-state index is 12.6. The van der Waals surface area contributed by atoms with Crippen molar-refractivity contribution in [3.8, 4) is 0 Å². The summed E-state index contributed by atoms with van der Waals surface area (Å²) in [6.45, 7) is 6.07. The third-order valence-corrected chi connectivity index (χ3v) is 4.48. The molecule has 1 aromatic carbocycles. The first kappa shape index (κ1) is 19.5. The lowest BCUT2D eigenvalue weighted by Crippen LogP contribution is -2.40. The van der Waals surface area contributed by atoms with E-state index in [0.29, 0.717) is 5.92 Å². The summed E-state index contributed by atoms with van der Waals surface area (Å²) in [5, 5.41) is 2.58. The van der Waals surface area contributed by atoms with Crippen LogP contribution in [0, 0.1) is 5.92 Å². The largest absolute Gasteiger partial charge is 0.383 e. The molecule has 1 amide bonds. The van der Waals surface area contributed by atoms with Gasteiger partial charge in [-0.15, -0.1) is 0 Å². The Balaban J connectivity index is 2.25. The van der Waals surface area contributed by atoms with Crippen molar-refractivity contribution in [3.05, 3.63) is 56.2 Å². The number of nitrogen functional groups attached to an aromatic ring is 1. The molecule has 0 saturated carbocycles. The SMILES string of the molecule is CC(C)Cc1ccc([C@@H](C)C(=O)Nc2c(N)n(C)c(=O)n(C)c2=O)cc1. The van der Waals surface area contributed by atoms with Crippen molar-refractivity contribution in [2.24, 2.45) is 20.0 Å². The van der Waals surface area contributed by atoms with Crippen LogP contribution in [0.3, 0.4) is 0 Å². The molecule has 26 heavy (non-hydrogen) atoms. The summed E-state index contributed by atoms with van der Waals surface area (Å²) >= 11 is 0. The van der Waals surface area contributed by atoms with Gasteiger partial charge in [0.15, 0.2) is 0 Å². The van der Waals surface area contributed by atoms with E-state index >= 15 is 0 Å². The molecule has 0 saturated heterocycles. The van der Waals surface area contributed by atoms with E-state index in [4.69, 9.17) is 5.73 Å². The van der Waals surface area contributed by atoms with E-state index in [1.165, 1.54) is 19.7 Å². The van der Waals surface area contributed by atoms with Crippen molar-refractivity contribution in [3.63, 3.8) is 0 Å². The van der Waals surface area contributed by atoms with Crippen molar-refractivity contribution < 1.29 is 4.79 Å². The van der Waals surface area contributed by atoms with Gasteiger partial charge < -0.3 is 11.1 Å². The Hall–Kier alpha value is -2.83. The zero-order chi connectivity index (χ0) is 19.6. The molecule has 0 aliphatic rings. The molecule has 7 heteroatoms. The maximum atomic E-state index is 12.6. The molecule has 0 fully saturated rings. The van der Waals surface area contributed by atoms with Gasteiger partial charge in [-0.25, -0.2) is 4.79 Å². The van der Waals surface area contributed by atoms with Gasteiger partial charge in [-0.2, -0.15) is 0 Å². The highest BCUT2D eigenvalue weighted by molar-refractivity contribution is 5.97. The lowest BCUT2D eigenvalue weighted by molar-refractivity contribution is -0.117. The van der Waals surface area contributed by atoms with Crippen molar-refractivity contribution in [2.45, 2.75) is 33.1 Å². The van der Waals surface area contributed by atoms with Crippen molar-refractivity contribution in [2.75, 3.05) is 11.1 Å². The van der Waals surface area contributed by atoms with E-state index < -0.39 is 17.2 Å². The summed E-state index contributed by atoms with van der Waals surface area (Å²) in [6.07, 6.45) is 0.978. The highest BCUT2D eigenvalue weighted by Gasteiger charge is 2.20. The standard InChI is InChI=1S/C19H26N4O3/c1-11(2)10-13-6-8-14(9-7-13)12(3)17(24)21-15-16(20)22(4)19(26)23(5)18(15)25/h6-9,11-12H,10,20H2,1-5H3,(H,21,24)/t12-/m1/s1. The number of anilines is 2. The molecule has 1 atom stereocenters. The molecule has 0 unspecified atom stereocenters. The molecule has 2 aromatic rings. The second kappa shape index (κ2) is 7.59. The molecular formula is C19H26N4O3. The van der Waals surface area contributed by atoms with E-state index in [-0.39, 0.29) is 17.4 Å². The van der Waals surface area contributed by atoms with Crippen molar-refractivity contribution in [1.82, 2.24) is 9.13 Å². The van der Waals surface area contributed by atoms with Gasteiger partial charge in [-0.3, -0.25) is 18.7 Å². The highest BCUT2D eigenvalue weighted by atomic mass is 16.2. The van der Waals surface area contributed by atoms with Crippen LogP contribution in [0.15, 0.2) is 33.9 Å². The Labute approximate surface area is 152 Å². The first-order chi connectivity index (χ1) is 12.1. The highest BCUT2D eigenvalue weighted by Crippen LogP contribution is 2.20. The Morgan fingerprint density at radius 1 is 1.08 bits per heavy atom. The van der Waals surface area contributed by atoms with Gasteiger partial charge in [0.25, 0.3) is 5.56 Å². The van der Waals surface area contributed by atoms with Crippen molar-refractivity contribution >= 4 is 17.4 Å². The minimum absolute atomic E-state index is 0.0640. The summed E-state index contributed by atoms with van der Waals surface area (Å²) in [7, 11) is 2.79. The molecule has 3 N–H and O–H groups in total. The van der Waals surface area contributed by atoms with Gasteiger partial charge in [0.05, 0.1) is 5.92 Å². The van der Waals surface area contributed by atoms with Crippen LogP contribution < -0.4 is 22.3 Å². The van der Waals surface area contributed by atoms with Crippen LogP contribution in [0.2, 0.25) is 0 Å². The Kier molecular flexibility index (Phi) is 5.69. The second-order valence-electron chi connectivity index (χ2n) is 7.02. The molecule has 0 spiro atoms. The second-order valence-corrected chi connectivity index (χ2v) is 7.02. The van der Waals surface area contributed by atoms with Crippen LogP contribution in [-0.2, 0) is 25.3 Å². The van der Waals surface area contributed by atoms with Crippen LogP contribution in [0.25, 0.3) is 0 Å². The summed E-state index contributed by atoms with van der Waals surface area (Å²) in [4.78, 5) is 36.7. The molecule has 0 aliphatic heterocycles. The molecular weight excluding hydrogens is 332 g/mol. The van der Waals surface area contributed by atoms with Gasteiger partial charge >= 0.3 is 5.69 Å². The molecule has 1 aromatic heterocycles.